The third kappa shape index (κ3) is 9.02. The van der Waals surface area contributed by atoms with Gasteiger partial charge in [0, 0.05) is 59.3 Å². The molecule has 6 heterocycles. The van der Waals surface area contributed by atoms with Gasteiger partial charge in [0.25, 0.3) is 0 Å². The van der Waals surface area contributed by atoms with Gasteiger partial charge < -0.3 is 40.1 Å². The molecule has 2 aromatic heterocycles. The Balaban J connectivity index is 0.866. The molecule has 2 fully saturated rings. The van der Waals surface area contributed by atoms with Crippen LogP contribution in [0.2, 0.25) is 0 Å². The van der Waals surface area contributed by atoms with Gasteiger partial charge in [-0.1, -0.05) is 88.4 Å². The minimum Gasteiger partial charge on any atom is -0.488 e. The van der Waals surface area contributed by atoms with Gasteiger partial charge in [0.15, 0.2) is 0 Å². The highest BCUT2D eigenvalue weighted by atomic mass is 16.5. The van der Waals surface area contributed by atoms with Crippen LogP contribution in [0.5, 0.6) is 11.5 Å². The summed E-state index contributed by atoms with van der Waals surface area (Å²) < 4.78 is 13.0. The number of nitrogens with one attached hydrogen (secondary N) is 4. The molecule has 0 saturated carbocycles. The van der Waals surface area contributed by atoms with Crippen LogP contribution in [0.1, 0.15) is 124 Å². The fraction of sp³-hybridized carbons (Fsp3) is 0.389. The average molecular weight is 917 g/mol. The van der Waals surface area contributed by atoms with Crippen molar-refractivity contribution in [3.05, 3.63) is 131 Å². The number of ether oxygens (including phenoxy) is 2. The van der Waals surface area contributed by atoms with Crippen LogP contribution >= 0.6 is 0 Å². The largest absolute Gasteiger partial charge is 0.488 e. The molecule has 4 aliphatic rings. The number of aliphatic hydroxyl groups is 1. The number of likely N-dealkylation sites (tertiary alicyclic amines) is 2. The molecule has 3 amide bonds. The van der Waals surface area contributed by atoms with E-state index in [0.29, 0.717) is 45.0 Å². The molecule has 0 bridgehead atoms. The number of H-pyrrole nitrogens is 2. The van der Waals surface area contributed by atoms with Gasteiger partial charge in [-0.25, -0.2) is 9.97 Å². The highest BCUT2D eigenvalue weighted by Gasteiger charge is 2.40. The Hall–Kier alpha value is -6.77. The molecule has 6 aromatic rings. The first-order chi connectivity index (χ1) is 33.0. The summed E-state index contributed by atoms with van der Waals surface area (Å²) in [5, 5.41) is 18.1. The molecule has 14 nitrogen and oxygen atoms in total. The maximum absolute atomic E-state index is 14.3. The monoisotopic (exact) mass is 916 g/mol. The number of benzene rings is 4. The Morgan fingerprint density at radius 3 is 1.78 bits per heavy atom. The number of carbonyl (C=O) groups is 3. The molecule has 5 atom stereocenters. The van der Waals surface area contributed by atoms with E-state index in [2.05, 4.69) is 44.9 Å². The molecule has 68 heavy (non-hydrogen) atoms. The van der Waals surface area contributed by atoms with E-state index in [1.54, 1.807) is 0 Å². The smallest absolute Gasteiger partial charge is 0.250 e. The Labute approximate surface area is 396 Å². The molecule has 10 rings (SSSR count). The molecule has 2 saturated heterocycles. The van der Waals surface area contributed by atoms with Crippen molar-refractivity contribution in [2.75, 3.05) is 13.1 Å². The normalized spacial score (nSPS) is 18.7. The number of hydrogen-bond donors (Lipinski definition) is 5. The summed E-state index contributed by atoms with van der Waals surface area (Å²) in [4.78, 5) is 61.0. The maximum atomic E-state index is 14.3. The van der Waals surface area contributed by atoms with Crippen molar-refractivity contribution in [3.63, 3.8) is 0 Å². The van der Waals surface area contributed by atoms with E-state index in [1.807, 2.05) is 111 Å². The predicted octanol–water partition coefficient (Wildman–Crippen LogP) is 8.84. The minimum absolute atomic E-state index is 0.0878. The molecular formula is C54H60N8O6. The van der Waals surface area contributed by atoms with E-state index in [9.17, 15) is 19.5 Å². The minimum atomic E-state index is -0.957. The highest BCUT2D eigenvalue weighted by molar-refractivity contribution is 5.90. The molecular weight excluding hydrogens is 857 g/mol. The van der Waals surface area contributed by atoms with E-state index in [0.717, 1.165) is 98.9 Å². The van der Waals surface area contributed by atoms with E-state index in [4.69, 9.17) is 19.4 Å². The summed E-state index contributed by atoms with van der Waals surface area (Å²) in [6.45, 7) is 9.95. The second-order valence-corrected chi connectivity index (χ2v) is 19.5. The number of aromatic nitrogens is 4. The molecule has 4 aromatic carbocycles. The fourth-order valence-electron chi connectivity index (χ4n) is 10.5. The zero-order chi connectivity index (χ0) is 47.1. The van der Waals surface area contributed by atoms with Crippen LogP contribution in [0.15, 0.2) is 97.3 Å². The third-order valence-electron chi connectivity index (χ3n) is 13.6. The summed E-state index contributed by atoms with van der Waals surface area (Å²) in [7, 11) is 0. The lowest BCUT2D eigenvalue weighted by molar-refractivity contribution is -0.137. The van der Waals surface area contributed by atoms with E-state index < -0.39 is 18.3 Å². The van der Waals surface area contributed by atoms with Gasteiger partial charge in [-0.05, 0) is 72.9 Å². The third-order valence-corrected chi connectivity index (χ3v) is 13.6. The SMILES string of the molecule is CC(C)CC(=O)N[C@H](c1ccccc1)C(O)N1CCC[C@H]1c1ncc(-c2cc3c4c(c2)OCc2cc(-c5cnc([C@@H]6CCCN6C(=O)[C@H](NC(=O)CC(C)C)c6ccccc6)[nH]5)cc(c2-4)OC3)[nH]1. The molecule has 0 spiro atoms. The molecule has 352 valence electrons. The van der Waals surface area contributed by atoms with Gasteiger partial charge in [0.05, 0.1) is 41.9 Å². The first kappa shape index (κ1) is 45.0. The van der Waals surface area contributed by atoms with Crippen LogP contribution in [-0.4, -0.2) is 71.9 Å². The molecule has 5 N–H and O–H groups in total. The Bertz CT molecular complexity index is 2750. The molecule has 14 heteroatoms. The van der Waals surface area contributed by atoms with Crippen molar-refractivity contribution >= 4 is 17.7 Å². The van der Waals surface area contributed by atoms with Crippen molar-refractivity contribution in [2.24, 2.45) is 11.8 Å². The van der Waals surface area contributed by atoms with Crippen molar-refractivity contribution < 1.29 is 29.0 Å². The van der Waals surface area contributed by atoms with E-state index in [1.165, 1.54) is 0 Å². The van der Waals surface area contributed by atoms with Crippen molar-refractivity contribution in [2.45, 2.75) is 110 Å². The second-order valence-electron chi connectivity index (χ2n) is 19.5. The van der Waals surface area contributed by atoms with Crippen LogP contribution in [-0.2, 0) is 27.6 Å². The number of hydrogen-bond acceptors (Lipinski definition) is 9. The number of amides is 3. The average Bonchev–Trinajstić information content (AvgIpc) is 4.19. The molecule has 0 radical (unpaired) electrons. The van der Waals surface area contributed by atoms with Gasteiger partial charge in [-0.15, -0.1) is 0 Å². The van der Waals surface area contributed by atoms with Crippen molar-refractivity contribution in [1.82, 2.24) is 40.4 Å². The quantitative estimate of drug-likeness (QED) is 0.0674. The Kier molecular flexibility index (Phi) is 12.6. The van der Waals surface area contributed by atoms with Crippen LogP contribution in [0.3, 0.4) is 0 Å². The first-order valence-electron chi connectivity index (χ1n) is 24.1. The Morgan fingerprint density at radius 1 is 0.691 bits per heavy atom. The lowest BCUT2D eigenvalue weighted by Gasteiger charge is -2.34. The molecule has 1 unspecified atom stereocenters. The van der Waals surface area contributed by atoms with Crippen molar-refractivity contribution in [3.8, 4) is 45.1 Å². The fourth-order valence-corrected chi connectivity index (χ4v) is 10.5. The standard InChI is InChI=1S/C54H60N8O6/c1-31(2)21-45(63)59-49(33-13-7-5-8-14-33)53(65)61-19-11-17-41(61)51-55-27-39(57-51)35-23-37-29-68-44-26-36(24-38-30-67-43(25-35)47(37)48(38)44)40-28-56-52(58-40)42-18-12-20-62(42)54(66)50(34-15-9-6-10-16-34)60-46(64)22-32(3)4/h5-10,13-16,23-28,31-32,41-42,49-50,53,65H,11-12,17-22,29-30H2,1-4H3,(H,55,57)(H,56,58)(H,59,63)(H,60,64)/t41-,42-,49+,50+,53?/m0/s1. The van der Waals surface area contributed by atoms with Gasteiger partial charge in [0.1, 0.15) is 48.6 Å². The van der Waals surface area contributed by atoms with Crippen LogP contribution in [0, 0.1) is 11.8 Å². The van der Waals surface area contributed by atoms with Gasteiger partial charge in [-0.2, -0.15) is 0 Å². The van der Waals surface area contributed by atoms with Crippen LogP contribution in [0.25, 0.3) is 33.6 Å². The van der Waals surface area contributed by atoms with E-state index >= 15 is 0 Å². The van der Waals surface area contributed by atoms with Gasteiger partial charge in [-0.3, -0.25) is 19.3 Å². The predicted molar refractivity (Wildman–Crippen MR) is 258 cm³/mol. The van der Waals surface area contributed by atoms with Gasteiger partial charge >= 0.3 is 0 Å². The van der Waals surface area contributed by atoms with E-state index in [-0.39, 0.29) is 41.6 Å². The first-order valence-corrected chi connectivity index (χ1v) is 24.1. The lowest BCUT2D eigenvalue weighted by Crippen LogP contribution is -2.46. The lowest BCUT2D eigenvalue weighted by atomic mass is 9.87. The summed E-state index contributed by atoms with van der Waals surface area (Å²) in [5.74, 6) is 3.01. The second kappa shape index (κ2) is 19.1. The number of carbonyl (C=O) groups excluding carboxylic acids is 3. The molecule has 0 aliphatic carbocycles. The maximum Gasteiger partial charge on any atom is 0.250 e. The number of nitrogens with zero attached hydrogens (tertiary/aromatic N) is 4. The highest BCUT2D eigenvalue weighted by Crippen LogP contribution is 2.51. The summed E-state index contributed by atoms with van der Waals surface area (Å²) in [6, 6.07) is 25.7. The Morgan fingerprint density at radius 2 is 1.21 bits per heavy atom. The summed E-state index contributed by atoms with van der Waals surface area (Å²) in [5.41, 5.74) is 9.16. The van der Waals surface area contributed by atoms with Crippen LogP contribution in [0.4, 0.5) is 0 Å². The summed E-state index contributed by atoms with van der Waals surface area (Å²) in [6.07, 6.45) is 6.70. The van der Waals surface area contributed by atoms with Gasteiger partial charge in [0.2, 0.25) is 17.7 Å². The number of aliphatic hydroxyl groups excluding tert-OH is 1. The molecule has 4 aliphatic heterocycles. The summed E-state index contributed by atoms with van der Waals surface area (Å²) >= 11 is 0. The number of aromatic amines is 2. The zero-order valence-electron chi connectivity index (χ0n) is 39.1. The topological polar surface area (TPSA) is 178 Å². The van der Waals surface area contributed by atoms with Crippen molar-refractivity contribution in [1.29, 1.82) is 0 Å². The zero-order valence-corrected chi connectivity index (χ0v) is 39.1. The van der Waals surface area contributed by atoms with Crippen LogP contribution < -0.4 is 20.1 Å². The number of rotatable bonds is 15. The number of imidazole rings is 2.